The molecule has 102 valence electrons. The van der Waals surface area contributed by atoms with E-state index >= 15 is 0 Å². The fraction of sp³-hybridized carbons (Fsp3) is 0.417. The number of aryl methyl sites for hydroxylation is 3. The molecule has 19 heavy (non-hydrogen) atoms. The van der Waals surface area contributed by atoms with E-state index in [1.807, 2.05) is 25.5 Å². The lowest BCUT2D eigenvalue weighted by molar-refractivity contribution is 0.102. The normalized spacial score (nSPS) is 10.7. The molecular weight excluding hydrogens is 244 g/mol. The third kappa shape index (κ3) is 2.31. The van der Waals surface area contributed by atoms with Crippen LogP contribution in [0, 0.1) is 13.8 Å². The fourth-order valence-corrected chi connectivity index (χ4v) is 2.04. The number of nitrogens with two attached hydrogens (primary N) is 1. The molecule has 0 bridgehead atoms. The van der Waals surface area contributed by atoms with Gasteiger partial charge in [0.15, 0.2) is 5.69 Å². The number of nitrogens with one attached hydrogen (secondary N) is 1. The molecule has 0 saturated heterocycles. The molecule has 0 spiro atoms. The van der Waals surface area contributed by atoms with Crippen LogP contribution in [0.5, 0.6) is 0 Å². The average Bonchev–Trinajstić information content (AvgIpc) is 2.82. The van der Waals surface area contributed by atoms with E-state index in [4.69, 9.17) is 5.73 Å². The first-order chi connectivity index (χ1) is 8.93. The highest BCUT2D eigenvalue weighted by molar-refractivity contribution is 6.06. The molecule has 0 aliphatic carbocycles. The van der Waals surface area contributed by atoms with E-state index in [9.17, 15) is 4.79 Å². The van der Waals surface area contributed by atoms with Crippen molar-refractivity contribution < 1.29 is 4.79 Å². The average molecular weight is 262 g/mol. The zero-order valence-corrected chi connectivity index (χ0v) is 11.6. The van der Waals surface area contributed by atoms with E-state index in [-0.39, 0.29) is 11.6 Å². The molecule has 2 rings (SSSR count). The number of hydrogen-bond donors (Lipinski definition) is 2. The van der Waals surface area contributed by atoms with Crippen molar-refractivity contribution in [3.05, 3.63) is 23.3 Å². The first-order valence-electron chi connectivity index (χ1n) is 6.08. The van der Waals surface area contributed by atoms with Crippen LogP contribution < -0.4 is 11.1 Å². The van der Waals surface area contributed by atoms with Gasteiger partial charge in [-0.1, -0.05) is 0 Å². The lowest BCUT2D eigenvalue weighted by Gasteiger charge is -2.04. The van der Waals surface area contributed by atoms with Crippen LogP contribution in [0.2, 0.25) is 0 Å². The van der Waals surface area contributed by atoms with Gasteiger partial charge in [-0.3, -0.25) is 14.2 Å². The van der Waals surface area contributed by atoms with Gasteiger partial charge in [-0.15, -0.1) is 0 Å². The molecule has 0 radical (unpaired) electrons. The maximum Gasteiger partial charge on any atom is 0.278 e. The van der Waals surface area contributed by atoms with Crippen LogP contribution in [0.15, 0.2) is 6.20 Å². The first-order valence-corrected chi connectivity index (χ1v) is 6.08. The smallest absolute Gasteiger partial charge is 0.278 e. The standard InChI is InChI=1S/C12H18N6O/c1-5-18-8(3)10(7(2)15-18)14-12(19)11-9(13)6-17(4)16-11/h6H,5,13H2,1-4H3,(H,14,19). The molecule has 2 aromatic rings. The summed E-state index contributed by atoms with van der Waals surface area (Å²) >= 11 is 0. The highest BCUT2D eigenvalue weighted by Crippen LogP contribution is 2.20. The molecule has 7 nitrogen and oxygen atoms in total. The fourth-order valence-electron chi connectivity index (χ4n) is 2.04. The van der Waals surface area contributed by atoms with Gasteiger partial charge in [-0.2, -0.15) is 10.2 Å². The van der Waals surface area contributed by atoms with Gasteiger partial charge in [-0.25, -0.2) is 0 Å². The number of anilines is 2. The lowest BCUT2D eigenvalue weighted by atomic mass is 10.3. The summed E-state index contributed by atoms with van der Waals surface area (Å²) in [4.78, 5) is 12.1. The van der Waals surface area contributed by atoms with E-state index in [0.717, 1.165) is 23.6 Å². The summed E-state index contributed by atoms with van der Waals surface area (Å²) in [6, 6.07) is 0. The first kappa shape index (κ1) is 13.1. The number of aromatic nitrogens is 4. The second kappa shape index (κ2) is 4.75. The summed E-state index contributed by atoms with van der Waals surface area (Å²) in [5.41, 5.74) is 8.74. The third-order valence-corrected chi connectivity index (χ3v) is 2.99. The van der Waals surface area contributed by atoms with Crippen LogP contribution in [0.3, 0.4) is 0 Å². The predicted octanol–water partition coefficient (Wildman–Crippen LogP) is 1.09. The van der Waals surface area contributed by atoms with Crippen LogP contribution in [-0.2, 0) is 13.6 Å². The van der Waals surface area contributed by atoms with Crippen molar-refractivity contribution >= 4 is 17.3 Å². The minimum atomic E-state index is -0.319. The molecule has 0 aromatic carbocycles. The Hall–Kier alpha value is -2.31. The Labute approximate surface area is 111 Å². The van der Waals surface area contributed by atoms with Crippen LogP contribution in [-0.4, -0.2) is 25.5 Å². The van der Waals surface area contributed by atoms with E-state index in [1.165, 1.54) is 4.68 Å². The zero-order valence-electron chi connectivity index (χ0n) is 11.6. The van der Waals surface area contributed by atoms with Gasteiger partial charge in [0.05, 0.1) is 22.8 Å². The van der Waals surface area contributed by atoms with Crippen molar-refractivity contribution in [2.24, 2.45) is 7.05 Å². The van der Waals surface area contributed by atoms with Crippen molar-refractivity contribution in [2.45, 2.75) is 27.3 Å². The van der Waals surface area contributed by atoms with E-state index < -0.39 is 0 Å². The van der Waals surface area contributed by atoms with Gasteiger partial charge in [0, 0.05) is 19.8 Å². The SMILES string of the molecule is CCn1nc(C)c(NC(=O)c2nn(C)cc2N)c1C. The molecule has 0 aliphatic heterocycles. The second-order valence-electron chi connectivity index (χ2n) is 4.42. The Bertz CT molecular complexity index is 624. The van der Waals surface area contributed by atoms with Crippen molar-refractivity contribution in [1.29, 1.82) is 0 Å². The summed E-state index contributed by atoms with van der Waals surface area (Å²) < 4.78 is 3.35. The number of nitrogen functional groups attached to an aromatic ring is 1. The van der Waals surface area contributed by atoms with E-state index in [2.05, 4.69) is 15.5 Å². The molecule has 0 atom stereocenters. The molecule has 3 N–H and O–H groups in total. The highest BCUT2D eigenvalue weighted by Gasteiger charge is 2.18. The third-order valence-electron chi connectivity index (χ3n) is 2.99. The second-order valence-corrected chi connectivity index (χ2v) is 4.42. The van der Waals surface area contributed by atoms with Crippen molar-refractivity contribution in [3.63, 3.8) is 0 Å². The topological polar surface area (TPSA) is 90.8 Å². The summed E-state index contributed by atoms with van der Waals surface area (Å²) in [6.07, 6.45) is 1.60. The minimum absolute atomic E-state index is 0.227. The highest BCUT2D eigenvalue weighted by atomic mass is 16.2. The van der Waals surface area contributed by atoms with Crippen molar-refractivity contribution in [3.8, 4) is 0 Å². The summed E-state index contributed by atoms with van der Waals surface area (Å²) in [7, 11) is 1.72. The quantitative estimate of drug-likeness (QED) is 0.866. The minimum Gasteiger partial charge on any atom is -0.396 e. The molecule has 0 saturated carbocycles. The predicted molar refractivity (Wildman–Crippen MR) is 72.9 cm³/mol. The Balaban J connectivity index is 2.29. The summed E-state index contributed by atoms with van der Waals surface area (Å²) in [5, 5.41) is 11.2. The molecule has 0 aliphatic rings. The van der Waals surface area contributed by atoms with Gasteiger partial charge >= 0.3 is 0 Å². The molecule has 0 fully saturated rings. The Morgan fingerprint density at radius 1 is 1.42 bits per heavy atom. The van der Waals surface area contributed by atoms with E-state index in [0.29, 0.717) is 5.69 Å². The van der Waals surface area contributed by atoms with Crippen LogP contribution in [0.25, 0.3) is 0 Å². The van der Waals surface area contributed by atoms with E-state index in [1.54, 1.807) is 13.2 Å². The molecule has 2 aromatic heterocycles. The summed E-state index contributed by atoms with van der Waals surface area (Å²) in [5.74, 6) is -0.319. The van der Waals surface area contributed by atoms with Gasteiger partial charge in [-0.05, 0) is 20.8 Å². The molecule has 2 heterocycles. The zero-order chi connectivity index (χ0) is 14.2. The summed E-state index contributed by atoms with van der Waals surface area (Å²) in [6.45, 7) is 6.54. The number of rotatable bonds is 3. The van der Waals surface area contributed by atoms with Gasteiger partial charge in [0.1, 0.15) is 0 Å². The Morgan fingerprint density at radius 3 is 2.58 bits per heavy atom. The number of carbonyl (C=O) groups excluding carboxylic acids is 1. The van der Waals surface area contributed by atoms with Crippen LogP contribution in [0.1, 0.15) is 28.8 Å². The Morgan fingerprint density at radius 2 is 2.11 bits per heavy atom. The van der Waals surface area contributed by atoms with Gasteiger partial charge < -0.3 is 11.1 Å². The van der Waals surface area contributed by atoms with Crippen molar-refractivity contribution in [2.75, 3.05) is 11.1 Å². The largest absolute Gasteiger partial charge is 0.396 e. The number of hydrogen-bond acceptors (Lipinski definition) is 4. The molecule has 1 amide bonds. The Kier molecular flexibility index (Phi) is 3.28. The number of carbonyl (C=O) groups is 1. The van der Waals surface area contributed by atoms with Crippen LogP contribution >= 0.6 is 0 Å². The van der Waals surface area contributed by atoms with Gasteiger partial charge in [0.25, 0.3) is 5.91 Å². The molecular formula is C12H18N6O. The molecule has 7 heteroatoms. The maximum atomic E-state index is 12.1. The number of amides is 1. The lowest BCUT2D eigenvalue weighted by Crippen LogP contribution is -2.15. The number of nitrogens with zero attached hydrogens (tertiary/aromatic N) is 4. The van der Waals surface area contributed by atoms with Gasteiger partial charge in [0.2, 0.25) is 0 Å². The van der Waals surface area contributed by atoms with Crippen LogP contribution in [0.4, 0.5) is 11.4 Å². The molecule has 0 unspecified atom stereocenters. The van der Waals surface area contributed by atoms with Crippen molar-refractivity contribution in [1.82, 2.24) is 19.6 Å². The maximum absolute atomic E-state index is 12.1. The monoisotopic (exact) mass is 262 g/mol.